The van der Waals surface area contributed by atoms with Crippen molar-refractivity contribution in [3.8, 4) is 0 Å². The normalized spacial score (nSPS) is 25.4. The summed E-state index contributed by atoms with van der Waals surface area (Å²) < 4.78 is 54.3. The molecule has 0 fully saturated rings. The van der Waals surface area contributed by atoms with Crippen LogP contribution in [0.4, 0.5) is 8.78 Å². The summed E-state index contributed by atoms with van der Waals surface area (Å²) in [6.07, 6.45) is 3.12. The monoisotopic (exact) mass is 465 g/mol. The highest BCUT2D eigenvalue weighted by Gasteiger charge is 2.53. The molecule has 0 aliphatic carbocycles. The van der Waals surface area contributed by atoms with E-state index in [9.17, 15) is 17.2 Å². The average Bonchev–Trinajstić information content (AvgIpc) is 2.67. The predicted molar refractivity (Wildman–Crippen MR) is 114 cm³/mol. The molecule has 0 saturated carbocycles. The van der Waals surface area contributed by atoms with E-state index >= 15 is 0 Å². The van der Waals surface area contributed by atoms with Gasteiger partial charge in [0.1, 0.15) is 29.0 Å². The summed E-state index contributed by atoms with van der Waals surface area (Å²) in [5.41, 5.74) is 6.37. The number of aromatic nitrogens is 3. The van der Waals surface area contributed by atoms with Crippen LogP contribution in [0.25, 0.3) is 11.0 Å². The van der Waals surface area contributed by atoms with E-state index in [0.717, 1.165) is 6.92 Å². The van der Waals surface area contributed by atoms with Crippen LogP contribution in [0.5, 0.6) is 0 Å². The molecule has 0 radical (unpaired) electrons. The van der Waals surface area contributed by atoms with E-state index in [1.54, 1.807) is 12.1 Å². The minimum atomic E-state index is -4.32. The molecule has 31 heavy (non-hydrogen) atoms. The maximum Gasteiger partial charge on any atom is 0.263 e. The van der Waals surface area contributed by atoms with E-state index in [0.29, 0.717) is 27.3 Å². The zero-order valence-electron chi connectivity index (χ0n) is 16.6. The smallest absolute Gasteiger partial charge is 0.263 e. The number of nitrogens with zero attached hydrogens (tertiary/aromatic N) is 4. The molecular weight excluding hydrogens is 448 g/mol. The number of amidine groups is 1. The van der Waals surface area contributed by atoms with E-state index in [4.69, 9.17) is 17.3 Å². The second-order valence-electron chi connectivity index (χ2n) is 7.78. The molecule has 162 valence electrons. The van der Waals surface area contributed by atoms with Crippen LogP contribution in [-0.2, 0) is 21.8 Å². The second-order valence-corrected chi connectivity index (χ2v) is 10.5. The van der Waals surface area contributed by atoms with Gasteiger partial charge >= 0.3 is 0 Å². The molecule has 1 aromatic carbocycles. The van der Waals surface area contributed by atoms with Gasteiger partial charge in [-0.1, -0.05) is 23.7 Å². The number of alkyl halides is 1. The van der Waals surface area contributed by atoms with Crippen molar-refractivity contribution in [2.24, 2.45) is 10.7 Å². The van der Waals surface area contributed by atoms with Crippen LogP contribution >= 0.6 is 11.6 Å². The molecule has 0 unspecified atom stereocenters. The van der Waals surface area contributed by atoms with Gasteiger partial charge in [0.15, 0.2) is 9.84 Å². The number of aliphatic imine (C=N–C) groups is 1. The minimum absolute atomic E-state index is 0.00129. The average molecular weight is 466 g/mol. The molecule has 2 aromatic heterocycles. The molecule has 4 rings (SSSR count). The fourth-order valence-electron chi connectivity index (χ4n) is 3.59. The first-order valence-electron chi connectivity index (χ1n) is 9.24. The fourth-order valence-corrected chi connectivity index (χ4v) is 5.34. The van der Waals surface area contributed by atoms with Crippen LogP contribution in [-0.4, -0.2) is 40.0 Å². The van der Waals surface area contributed by atoms with Gasteiger partial charge in [0, 0.05) is 18.2 Å². The first-order valence-corrected chi connectivity index (χ1v) is 11.3. The van der Waals surface area contributed by atoms with Crippen molar-refractivity contribution in [2.45, 2.75) is 30.8 Å². The number of hydrogen-bond donors (Lipinski definition) is 1. The molecule has 1 aliphatic heterocycles. The van der Waals surface area contributed by atoms with E-state index in [-0.39, 0.29) is 12.0 Å². The molecule has 0 bridgehead atoms. The van der Waals surface area contributed by atoms with E-state index in [1.165, 1.54) is 31.6 Å². The Morgan fingerprint density at radius 1 is 1.19 bits per heavy atom. The maximum absolute atomic E-state index is 14.8. The second kappa shape index (κ2) is 7.16. The highest BCUT2D eigenvalue weighted by molar-refractivity contribution is 7.93. The maximum atomic E-state index is 14.8. The summed E-state index contributed by atoms with van der Waals surface area (Å²) in [6, 6.07) is 5.91. The minimum Gasteiger partial charge on any atom is -0.384 e. The van der Waals surface area contributed by atoms with Gasteiger partial charge in [0.2, 0.25) is 0 Å². The third kappa shape index (κ3) is 3.63. The Morgan fingerprint density at radius 3 is 2.65 bits per heavy atom. The molecule has 2 atom stereocenters. The first-order chi connectivity index (χ1) is 14.4. The molecule has 11 heteroatoms. The summed E-state index contributed by atoms with van der Waals surface area (Å²) in [5, 5.41) is -2.36. The molecule has 0 spiro atoms. The number of sulfone groups is 1. The Kier molecular flexibility index (Phi) is 4.97. The van der Waals surface area contributed by atoms with E-state index in [2.05, 4.69) is 19.9 Å². The standard InChI is InChI=1S/C20H18ClF2N5O2S/c1-19(9-31(29,30)20(2,23)18(24)28-19)13-5-11(3-4-14(13)22)6-15-17-16(27-10-26-15)7-12(21)8-25-17/h3-5,7-8,10H,6,9H2,1-2H3,(H2,24,28)/t19-,20+/m0/s1. The topological polar surface area (TPSA) is 111 Å². The lowest BCUT2D eigenvalue weighted by Crippen LogP contribution is -2.54. The quantitative estimate of drug-likeness (QED) is 0.636. The van der Waals surface area contributed by atoms with Crippen molar-refractivity contribution < 1.29 is 17.2 Å². The van der Waals surface area contributed by atoms with Crippen molar-refractivity contribution in [1.29, 1.82) is 0 Å². The summed E-state index contributed by atoms with van der Waals surface area (Å²) >= 11 is 5.96. The Hall–Kier alpha value is -2.72. The summed E-state index contributed by atoms with van der Waals surface area (Å²) in [7, 11) is -4.32. The molecule has 2 N–H and O–H groups in total. The van der Waals surface area contributed by atoms with Crippen molar-refractivity contribution in [3.05, 3.63) is 64.5 Å². The number of nitrogens with two attached hydrogens (primary N) is 1. The van der Waals surface area contributed by atoms with Gasteiger partial charge in [-0.3, -0.25) is 9.98 Å². The predicted octanol–water partition coefficient (Wildman–Crippen LogP) is 3.09. The molecule has 7 nitrogen and oxygen atoms in total. The largest absolute Gasteiger partial charge is 0.384 e. The molecule has 3 heterocycles. The van der Waals surface area contributed by atoms with Crippen LogP contribution < -0.4 is 5.73 Å². The van der Waals surface area contributed by atoms with Gasteiger partial charge in [0.05, 0.1) is 22.0 Å². The zero-order valence-corrected chi connectivity index (χ0v) is 18.2. The van der Waals surface area contributed by atoms with Crippen LogP contribution in [0.1, 0.15) is 30.7 Å². The third-order valence-corrected chi connectivity index (χ3v) is 7.91. The Labute approximate surface area is 182 Å². The van der Waals surface area contributed by atoms with Crippen molar-refractivity contribution in [1.82, 2.24) is 15.0 Å². The number of fused-ring (bicyclic) bond motifs is 1. The van der Waals surface area contributed by atoms with Crippen molar-refractivity contribution >= 4 is 38.3 Å². The van der Waals surface area contributed by atoms with E-state index < -0.39 is 37.8 Å². The number of pyridine rings is 1. The Bertz CT molecular complexity index is 1350. The number of rotatable bonds is 3. The zero-order chi connectivity index (χ0) is 22.6. The molecule has 0 amide bonds. The lowest BCUT2D eigenvalue weighted by Gasteiger charge is -2.35. The van der Waals surface area contributed by atoms with Gasteiger partial charge < -0.3 is 5.73 Å². The summed E-state index contributed by atoms with van der Waals surface area (Å²) in [5.74, 6) is -2.09. The van der Waals surface area contributed by atoms with Gasteiger partial charge in [-0.25, -0.2) is 27.2 Å². The van der Waals surface area contributed by atoms with Gasteiger partial charge in [0.25, 0.3) is 5.00 Å². The van der Waals surface area contributed by atoms with Crippen LogP contribution in [0, 0.1) is 5.82 Å². The van der Waals surface area contributed by atoms with Gasteiger partial charge in [-0.2, -0.15) is 0 Å². The van der Waals surface area contributed by atoms with E-state index in [1.807, 2.05) is 0 Å². The highest BCUT2D eigenvalue weighted by Crippen LogP contribution is 2.39. The summed E-state index contributed by atoms with van der Waals surface area (Å²) in [6.45, 7) is 2.26. The Morgan fingerprint density at radius 2 is 1.94 bits per heavy atom. The van der Waals surface area contributed by atoms with Gasteiger partial charge in [-0.15, -0.1) is 0 Å². The lowest BCUT2D eigenvalue weighted by atomic mass is 9.91. The first kappa shape index (κ1) is 21.5. The van der Waals surface area contributed by atoms with Crippen LogP contribution in [0.3, 0.4) is 0 Å². The van der Waals surface area contributed by atoms with Crippen LogP contribution in [0.15, 0.2) is 41.8 Å². The number of hydrogen-bond acceptors (Lipinski definition) is 7. The highest BCUT2D eigenvalue weighted by atomic mass is 35.5. The molecule has 0 saturated heterocycles. The van der Waals surface area contributed by atoms with Gasteiger partial charge in [-0.05, 0) is 31.5 Å². The number of benzene rings is 1. The van der Waals surface area contributed by atoms with Crippen molar-refractivity contribution in [2.75, 3.05) is 5.75 Å². The fraction of sp³-hybridized carbons (Fsp3) is 0.300. The summed E-state index contributed by atoms with van der Waals surface area (Å²) in [4.78, 5) is 16.7. The lowest BCUT2D eigenvalue weighted by molar-refractivity contribution is 0.354. The molecule has 1 aliphatic rings. The third-order valence-electron chi connectivity index (χ3n) is 5.38. The van der Waals surface area contributed by atoms with Crippen LogP contribution in [0.2, 0.25) is 5.02 Å². The Balaban J connectivity index is 1.78. The molecular formula is C20H18ClF2N5O2S. The number of halogens is 3. The molecule has 3 aromatic rings. The SMILES string of the molecule is C[C@]1(F)C(N)=N[C@](C)(c2cc(Cc3ncnc4cc(Cl)cnc34)ccc2F)CS1(=O)=O. The van der Waals surface area contributed by atoms with Crippen molar-refractivity contribution in [3.63, 3.8) is 0 Å².